The molecule has 0 rings (SSSR count). The first kappa shape index (κ1) is 22.1. The van der Waals surface area contributed by atoms with Crippen molar-refractivity contribution in [2.45, 2.75) is 0 Å². The molecule has 0 atom stereocenters. The normalized spacial score (nSPS) is 9.00. The molecule has 0 heterocycles. The van der Waals surface area contributed by atoms with Gasteiger partial charge in [-0.1, -0.05) is 12.2 Å². The van der Waals surface area contributed by atoms with Gasteiger partial charge in [0.15, 0.2) is 5.75 Å². The number of carbonyl (C=O) groups excluding carboxylic acids is 1. The van der Waals surface area contributed by atoms with Gasteiger partial charge < -0.3 is 2.85 Å². The number of carbonyl (C=O) groups is 1. The fourth-order valence-electron chi connectivity index (χ4n) is 0.325. The van der Waals surface area contributed by atoms with Gasteiger partial charge in [0.25, 0.3) is 16.0 Å². The van der Waals surface area contributed by atoms with Crippen molar-refractivity contribution in [1.82, 2.24) is 10.9 Å². The maximum atomic E-state index is 10.6. The topological polar surface area (TPSA) is 95.5 Å². The summed E-state index contributed by atoms with van der Waals surface area (Å²) in [5, 5.41) is 0. The van der Waals surface area contributed by atoms with E-state index in [0.29, 0.717) is 0 Å². The van der Waals surface area contributed by atoms with Gasteiger partial charge in [0.05, 0.1) is 0 Å². The standard InChI is InChI=1S/C3H6N2O4S3.2K.2H/c6-2(1-12(7,8)9)4-5-3(10)11;;;;/h1H2,(H,4,6)(H2,5,10,11)(H,7,8,9);;;;/q;2*+1;2*-1. The Bertz CT molecular complexity index is 301. The maximum Gasteiger partial charge on any atom is 1.00 e. The first-order chi connectivity index (χ1) is 5.31. The molecule has 0 fully saturated rings. The Kier molecular flexibility index (Phi) is 17.4. The summed E-state index contributed by atoms with van der Waals surface area (Å²) in [5.74, 6) is -1.94. The van der Waals surface area contributed by atoms with Gasteiger partial charge in [-0.25, -0.2) is 0 Å². The van der Waals surface area contributed by atoms with Crippen LogP contribution in [0, 0.1) is 0 Å². The number of thiol groups is 1. The Morgan fingerprint density at radius 2 is 1.86 bits per heavy atom. The number of hydrazine groups is 1. The van der Waals surface area contributed by atoms with Crippen LogP contribution < -0.4 is 114 Å². The smallest absolute Gasteiger partial charge is 1.00 e. The molecule has 74 valence electrons. The summed E-state index contributed by atoms with van der Waals surface area (Å²) in [6, 6.07) is 0. The van der Waals surface area contributed by atoms with Crippen LogP contribution in [0.25, 0.3) is 0 Å². The van der Waals surface area contributed by atoms with Gasteiger partial charge in [0, 0.05) is 0 Å². The summed E-state index contributed by atoms with van der Waals surface area (Å²) in [5.41, 5.74) is 3.98. The molecule has 14 heavy (non-hydrogen) atoms. The number of thiocarbonyl (C=S) groups is 1. The Morgan fingerprint density at radius 1 is 1.43 bits per heavy atom. The van der Waals surface area contributed by atoms with Crippen molar-refractivity contribution in [2.75, 3.05) is 5.75 Å². The molecule has 0 saturated heterocycles. The quantitative estimate of drug-likeness (QED) is 0.133. The van der Waals surface area contributed by atoms with E-state index in [1.807, 2.05) is 5.43 Å². The SMILES string of the molecule is O=C(CS(=O)(=O)O)NNC(=S)S.[H-].[H-].[K+].[K+]. The Balaban J connectivity index is -0.000000101. The van der Waals surface area contributed by atoms with Gasteiger partial charge in [-0.3, -0.25) is 20.2 Å². The molecule has 0 aromatic rings. The second-order valence-electron chi connectivity index (χ2n) is 1.70. The third kappa shape index (κ3) is 17.3. The van der Waals surface area contributed by atoms with Crippen LogP contribution in [0.1, 0.15) is 2.85 Å². The first-order valence-electron chi connectivity index (χ1n) is 2.54. The average molecular weight is 311 g/mol. The van der Waals surface area contributed by atoms with Crippen molar-refractivity contribution < 1.29 is 123 Å². The Hall–Kier alpha value is 2.89. The number of amides is 1. The molecule has 0 unspecified atom stereocenters. The fraction of sp³-hybridized carbons (Fsp3) is 0.333. The van der Waals surface area contributed by atoms with E-state index < -0.39 is 21.8 Å². The van der Waals surface area contributed by atoms with E-state index in [1.54, 1.807) is 0 Å². The molecule has 0 aliphatic rings. The van der Waals surface area contributed by atoms with Crippen molar-refractivity contribution in [2.24, 2.45) is 0 Å². The van der Waals surface area contributed by atoms with Crippen LogP contribution in [0.5, 0.6) is 0 Å². The predicted octanol–water partition coefficient (Wildman–Crippen LogP) is -7.06. The minimum Gasteiger partial charge on any atom is -1.00 e. The molecule has 0 radical (unpaired) electrons. The second kappa shape index (κ2) is 11.0. The molecule has 0 bridgehead atoms. The largest absolute Gasteiger partial charge is 1.00 e. The molecule has 0 saturated carbocycles. The maximum absolute atomic E-state index is 10.6. The van der Waals surface area contributed by atoms with E-state index >= 15 is 0 Å². The third-order valence-electron chi connectivity index (χ3n) is 0.622. The number of nitrogens with one attached hydrogen (secondary N) is 2. The average Bonchev–Trinajstić information content (AvgIpc) is 1.79. The van der Waals surface area contributed by atoms with E-state index in [0.717, 1.165) is 0 Å². The van der Waals surface area contributed by atoms with Crippen molar-refractivity contribution in [3.05, 3.63) is 0 Å². The molecule has 0 aliphatic carbocycles. The van der Waals surface area contributed by atoms with Gasteiger partial charge in [0.2, 0.25) is 0 Å². The number of hydrogen-bond donors (Lipinski definition) is 4. The summed E-state index contributed by atoms with van der Waals surface area (Å²) in [6.45, 7) is 0. The number of rotatable bonds is 2. The van der Waals surface area contributed by atoms with Crippen LogP contribution in [0.15, 0.2) is 0 Å². The molecule has 3 N–H and O–H groups in total. The molecule has 0 spiro atoms. The van der Waals surface area contributed by atoms with Crippen LogP contribution in [-0.2, 0) is 14.9 Å². The van der Waals surface area contributed by atoms with Crippen molar-refractivity contribution in [3.63, 3.8) is 0 Å². The summed E-state index contributed by atoms with van der Waals surface area (Å²) in [6.07, 6.45) is 0. The molecule has 11 heteroatoms. The van der Waals surface area contributed by atoms with Gasteiger partial charge in [-0.05, 0) is 0 Å². The zero-order valence-electron chi connectivity index (χ0n) is 9.64. The minimum absolute atomic E-state index is 0. The van der Waals surface area contributed by atoms with Crippen LogP contribution in [0.3, 0.4) is 0 Å². The first-order valence-corrected chi connectivity index (χ1v) is 5.00. The summed E-state index contributed by atoms with van der Waals surface area (Å²) < 4.78 is 28.4. The molecular weight excluding hydrogens is 302 g/mol. The van der Waals surface area contributed by atoms with E-state index in [1.165, 1.54) is 0 Å². The van der Waals surface area contributed by atoms with Crippen molar-refractivity contribution in [1.29, 1.82) is 0 Å². The van der Waals surface area contributed by atoms with Crippen molar-refractivity contribution >= 4 is 45.2 Å². The van der Waals surface area contributed by atoms with E-state index in [-0.39, 0.29) is 110 Å². The second-order valence-corrected chi connectivity index (χ2v) is 4.32. The Labute approximate surface area is 181 Å². The van der Waals surface area contributed by atoms with Gasteiger partial charge in [-0.15, -0.1) is 12.6 Å². The summed E-state index contributed by atoms with van der Waals surface area (Å²) >= 11 is 7.96. The monoisotopic (exact) mass is 310 g/mol. The van der Waals surface area contributed by atoms with Gasteiger partial charge in [-0.2, -0.15) is 8.42 Å². The van der Waals surface area contributed by atoms with Crippen LogP contribution in [0.2, 0.25) is 0 Å². The minimum atomic E-state index is -4.29. The van der Waals surface area contributed by atoms with E-state index in [9.17, 15) is 13.2 Å². The van der Waals surface area contributed by atoms with Crippen LogP contribution >= 0.6 is 24.8 Å². The van der Waals surface area contributed by atoms with E-state index in [4.69, 9.17) is 4.55 Å². The molecule has 6 nitrogen and oxygen atoms in total. The summed E-state index contributed by atoms with van der Waals surface area (Å²) in [7, 11) is -4.29. The van der Waals surface area contributed by atoms with Crippen LogP contribution in [0.4, 0.5) is 0 Å². The Morgan fingerprint density at radius 3 is 2.14 bits per heavy atom. The molecular formula is C3H8K2N2O4S3. The van der Waals surface area contributed by atoms with Gasteiger partial charge in [0.1, 0.15) is 4.32 Å². The fourth-order valence-corrected chi connectivity index (χ4v) is 0.835. The molecule has 0 aromatic heterocycles. The van der Waals surface area contributed by atoms with Gasteiger partial charge >= 0.3 is 103 Å². The predicted molar refractivity (Wildman–Crippen MR) is 51.5 cm³/mol. The molecule has 0 aromatic carbocycles. The van der Waals surface area contributed by atoms with Crippen LogP contribution in [-0.4, -0.2) is 29.0 Å². The van der Waals surface area contributed by atoms with E-state index in [2.05, 4.69) is 30.3 Å². The zero-order chi connectivity index (χ0) is 9.78. The summed E-state index contributed by atoms with van der Waals surface area (Å²) in [4.78, 5) is 10.6. The molecule has 0 aliphatic heterocycles. The molecule has 1 amide bonds. The van der Waals surface area contributed by atoms with Crippen molar-refractivity contribution in [3.8, 4) is 0 Å². The number of hydrogen-bond acceptors (Lipinski definition) is 4. The third-order valence-corrected chi connectivity index (χ3v) is 1.46. The zero-order valence-corrected chi connectivity index (χ0v) is 16.4.